The van der Waals surface area contributed by atoms with E-state index in [1.165, 1.54) is 49.6 Å². The van der Waals surface area contributed by atoms with Gasteiger partial charge in [0.15, 0.2) is 5.13 Å². The molecule has 0 bridgehead atoms. The normalized spacial score (nSPS) is 17.4. The molecule has 0 unspecified atom stereocenters. The summed E-state index contributed by atoms with van der Waals surface area (Å²) in [4.78, 5) is 7.11. The third-order valence-electron chi connectivity index (χ3n) is 2.67. The molecule has 78 valence electrons. The SMILES string of the molecule is CCCc1csc(N2CCCCC2)n1. The van der Waals surface area contributed by atoms with E-state index in [9.17, 15) is 0 Å². The van der Waals surface area contributed by atoms with E-state index in [2.05, 4.69) is 22.2 Å². The number of hydrogen-bond acceptors (Lipinski definition) is 3. The summed E-state index contributed by atoms with van der Waals surface area (Å²) in [6, 6.07) is 0. The number of rotatable bonds is 3. The smallest absolute Gasteiger partial charge is 0.185 e. The monoisotopic (exact) mass is 210 g/mol. The van der Waals surface area contributed by atoms with Crippen molar-refractivity contribution in [1.29, 1.82) is 0 Å². The van der Waals surface area contributed by atoms with Crippen molar-refractivity contribution in [3.8, 4) is 0 Å². The molecular formula is C11H18N2S. The first-order valence-corrected chi connectivity index (χ1v) is 6.47. The van der Waals surface area contributed by atoms with Crippen molar-refractivity contribution in [2.24, 2.45) is 0 Å². The average Bonchev–Trinajstić information content (AvgIpc) is 2.68. The highest BCUT2D eigenvalue weighted by Crippen LogP contribution is 2.24. The second-order valence-corrected chi connectivity index (χ2v) is 4.76. The number of anilines is 1. The summed E-state index contributed by atoms with van der Waals surface area (Å²) in [5.74, 6) is 0. The quantitative estimate of drug-likeness (QED) is 0.762. The van der Waals surface area contributed by atoms with Crippen molar-refractivity contribution in [2.45, 2.75) is 39.0 Å². The Morgan fingerprint density at radius 3 is 2.86 bits per heavy atom. The number of aromatic nitrogens is 1. The van der Waals surface area contributed by atoms with Gasteiger partial charge in [0.25, 0.3) is 0 Å². The number of thiazole rings is 1. The summed E-state index contributed by atoms with van der Waals surface area (Å²) in [5.41, 5.74) is 1.28. The molecule has 14 heavy (non-hydrogen) atoms. The Bertz CT molecular complexity index is 277. The predicted molar refractivity (Wildman–Crippen MR) is 62.2 cm³/mol. The third-order valence-corrected chi connectivity index (χ3v) is 3.62. The predicted octanol–water partition coefficient (Wildman–Crippen LogP) is 3.09. The lowest BCUT2D eigenvalue weighted by Crippen LogP contribution is -2.29. The molecule has 0 N–H and O–H groups in total. The molecule has 3 heteroatoms. The van der Waals surface area contributed by atoms with Gasteiger partial charge in [0.05, 0.1) is 5.69 Å². The molecule has 0 radical (unpaired) electrons. The fourth-order valence-corrected chi connectivity index (χ4v) is 2.81. The maximum atomic E-state index is 4.67. The van der Waals surface area contributed by atoms with Gasteiger partial charge in [0.1, 0.15) is 0 Å². The molecule has 0 amide bonds. The molecule has 0 aromatic carbocycles. The van der Waals surface area contributed by atoms with Crippen LogP contribution in [0.5, 0.6) is 0 Å². The van der Waals surface area contributed by atoms with Crippen molar-refractivity contribution in [1.82, 2.24) is 4.98 Å². The Hall–Kier alpha value is -0.570. The van der Waals surface area contributed by atoms with E-state index in [1.807, 2.05) is 11.3 Å². The molecular weight excluding hydrogens is 192 g/mol. The molecule has 0 atom stereocenters. The molecule has 1 aliphatic rings. The second-order valence-electron chi connectivity index (χ2n) is 3.92. The molecule has 1 fully saturated rings. The van der Waals surface area contributed by atoms with Crippen molar-refractivity contribution in [2.75, 3.05) is 18.0 Å². The van der Waals surface area contributed by atoms with Gasteiger partial charge in [0.2, 0.25) is 0 Å². The van der Waals surface area contributed by atoms with E-state index in [4.69, 9.17) is 0 Å². The Kier molecular flexibility index (Phi) is 3.40. The van der Waals surface area contributed by atoms with E-state index in [1.54, 1.807) is 0 Å². The van der Waals surface area contributed by atoms with Gasteiger partial charge in [-0.3, -0.25) is 0 Å². The minimum Gasteiger partial charge on any atom is -0.348 e. The Labute approximate surface area is 90.0 Å². The molecule has 2 rings (SSSR count). The summed E-state index contributed by atoms with van der Waals surface area (Å²) < 4.78 is 0. The summed E-state index contributed by atoms with van der Waals surface area (Å²) in [5, 5.41) is 3.46. The third kappa shape index (κ3) is 2.27. The van der Waals surface area contributed by atoms with Crippen LogP contribution in [0.1, 0.15) is 38.3 Å². The lowest BCUT2D eigenvalue weighted by Gasteiger charge is -2.25. The maximum absolute atomic E-state index is 4.67. The zero-order valence-corrected chi connectivity index (χ0v) is 9.65. The van der Waals surface area contributed by atoms with Gasteiger partial charge in [-0.15, -0.1) is 11.3 Å². The number of piperidine rings is 1. The van der Waals surface area contributed by atoms with Crippen LogP contribution in [0.2, 0.25) is 0 Å². The van der Waals surface area contributed by atoms with E-state index in [-0.39, 0.29) is 0 Å². The van der Waals surface area contributed by atoms with Crippen LogP contribution < -0.4 is 4.90 Å². The Morgan fingerprint density at radius 1 is 1.36 bits per heavy atom. The van der Waals surface area contributed by atoms with Crippen LogP contribution in [-0.2, 0) is 6.42 Å². The van der Waals surface area contributed by atoms with Crippen molar-refractivity contribution < 1.29 is 0 Å². The summed E-state index contributed by atoms with van der Waals surface area (Å²) in [6.45, 7) is 4.62. The molecule has 0 spiro atoms. The van der Waals surface area contributed by atoms with Crippen molar-refractivity contribution >= 4 is 16.5 Å². The van der Waals surface area contributed by atoms with E-state index in [0.29, 0.717) is 0 Å². The van der Waals surface area contributed by atoms with Crippen LogP contribution >= 0.6 is 11.3 Å². The zero-order valence-electron chi connectivity index (χ0n) is 8.83. The topological polar surface area (TPSA) is 16.1 Å². The molecule has 0 saturated carbocycles. The van der Waals surface area contributed by atoms with Gasteiger partial charge >= 0.3 is 0 Å². The highest BCUT2D eigenvalue weighted by molar-refractivity contribution is 7.13. The zero-order chi connectivity index (χ0) is 9.80. The van der Waals surface area contributed by atoms with Crippen LogP contribution in [0, 0.1) is 0 Å². The van der Waals surface area contributed by atoms with Gasteiger partial charge in [-0.25, -0.2) is 4.98 Å². The van der Waals surface area contributed by atoms with E-state index >= 15 is 0 Å². The highest BCUT2D eigenvalue weighted by atomic mass is 32.1. The fraction of sp³-hybridized carbons (Fsp3) is 0.727. The molecule has 1 aromatic rings. The van der Waals surface area contributed by atoms with Gasteiger partial charge in [-0.05, 0) is 25.7 Å². The van der Waals surface area contributed by atoms with Crippen molar-refractivity contribution in [3.05, 3.63) is 11.1 Å². The van der Waals surface area contributed by atoms with E-state index < -0.39 is 0 Å². The van der Waals surface area contributed by atoms with Gasteiger partial charge in [0, 0.05) is 18.5 Å². The lowest BCUT2D eigenvalue weighted by atomic mass is 10.1. The molecule has 1 saturated heterocycles. The van der Waals surface area contributed by atoms with Crippen LogP contribution in [0.25, 0.3) is 0 Å². The summed E-state index contributed by atoms with van der Waals surface area (Å²) in [6.07, 6.45) is 6.39. The standard InChI is InChI=1S/C11H18N2S/c1-2-6-10-9-14-11(12-10)13-7-4-3-5-8-13/h9H,2-8H2,1H3. The largest absolute Gasteiger partial charge is 0.348 e. The first-order valence-electron chi connectivity index (χ1n) is 5.59. The van der Waals surface area contributed by atoms with Crippen LogP contribution in [-0.4, -0.2) is 18.1 Å². The van der Waals surface area contributed by atoms with Gasteiger partial charge in [-0.1, -0.05) is 13.3 Å². The maximum Gasteiger partial charge on any atom is 0.185 e. The van der Waals surface area contributed by atoms with Gasteiger partial charge < -0.3 is 4.90 Å². The molecule has 2 nitrogen and oxygen atoms in total. The number of aryl methyl sites for hydroxylation is 1. The molecule has 1 aliphatic heterocycles. The molecule has 0 aliphatic carbocycles. The van der Waals surface area contributed by atoms with Crippen LogP contribution in [0.15, 0.2) is 5.38 Å². The Morgan fingerprint density at radius 2 is 2.14 bits per heavy atom. The van der Waals surface area contributed by atoms with Crippen molar-refractivity contribution in [3.63, 3.8) is 0 Å². The first-order chi connectivity index (χ1) is 6.90. The number of nitrogens with zero attached hydrogens (tertiary/aromatic N) is 2. The number of hydrogen-bond donors (Lipinski definition) is 0. The van der Waals surface area contributed by atoms with E-state index in [0.717, 1.165) is 6.42 Å². The minimum atomic E-state index is 1.13. The summed E-state index contributed by atoms with van der Waals surface area (Å²) in [7, 11) is 0. The Balaban J connectivity index is 2.00. The summed E-state index contributed by atoms with van der Waals surface area (Å²) >= 11 is 1.81. The minimum absolute atomic E-state index is 1.13. The fourth-order valence-electron chi connectivity index (χ4n) is 1.90. The van der Waals surface area contributed by atoms with Gasteiger partial charge in [-0.2, -0.15) is 0 Å². The molecule has 1 aromatic heterocycles. The average molecular weight is 210 g/mol. The van der Waals surface area contributed by atoms with Crippen LogP contribution in [0.3, 0.4) is 0 Å². The second kappa shape index (κ2) is 4.78. The van der Waals surface area contributed by atoms with Crippen LogP contribution in [0.4, 0.5) is 5.13 Å². The first kappa shape index (κ1) is 9.97. The molecule has 2 heterocycles. The highest BCUT2D eigenvalue weighted by Gasteiger charge is 2.13. The lowest BCUT2D eigenvalue weighted by molar-refractivity contribution is 0.576.